The Balaban J connectivity index is 4.18. The summed E-state index contributed by atoms with van der Waals surface area (Å²) in [6.45, 7) is -0.582. The number of carbonyl (C=O) groups is 2. The van der Waals surface area contributed by atoms with E-state index in [4.69, 9.17) is 0 Å². The van der Waals surface area contributed by atoms with Crippen LogP contribution in [-0.2, 0) is 9.59 Å². The van der Waals surface area contributed by atoms with Crippen molar-refractivity contribution in [2.24, 2.45) is 0 Å². The van der Waals surface area contributed by atoms with Crippen LogP contribution in [0.2, 0.25) is 0 Å². The summed E-state index contributed by atoms with van der Waals surface area (Å²) < 4.78 is 34.8. The number of carboxylic acid groups (broad SMARTS) is 1. The highest BCUT2D eigenvalue weighted by molar-refractivity contribution is 5.94. The second-order valence-corrected chi connectivity index (χ2v) is 2.46. The fraction of sp³-hybridized carbons (Fsp3) is 0.429. The highest BCUT2D eigenvalue weighted by Gasteiger charge is 2.36. The minimum Gasteiger partial charge on any atom is -0.548 e. The number of nitrogens with zero attached hydrogens (tertiary/aromatic N) is 1. The van der Waals surface area contributed by atoms with E-state index in [1.165, 1.54) is 7.05 Å². The number of hydrogen-bond donors (Lipinski definition) is 0. The van der Waals surface area contributed by atoms with Crippen LogP contribution in [0.4, 0.5) is 13.2 Å². The van der Waals surface area contributed by atoms with E-state index in [1.54, 1.807) is 0 Å². The van der Waals surface area contributed by atoms with E-state index in [-0.39, 0.29) is 6.08 Å². The molecule has 0 spiro atoms. The number of likely N-dealkylation sites (N-methyl/N-ethyl adjacent to an activating group) is 1. The van der Waals surface area contributed by atoms with Crippen molar-refractivity contribution in [1.29, 1.82) is 0 Å². The molecule has 0 N–H and O–H groups in total. The molecule has 0 unspecified atom stereocenters. The summed E-state index contributed by atoms with van der Waals surface area (Å²) in [5.41, 5.74) is 0. The van der Waals surface area contributed by atoms with Gasteiger partial charge >= 0.3 is 6.18 Å². The summed E-state index contributed by atoms with van der Waals surface area (Å²) in [6.07, 6.45) is -3.95. The number of hydrogen-bond acceptors (Lipinski definition) is 4. The molecule has 0 aromatic rings. The number of aliphatic carboxylic acids is 1. The highest BCUT2D eigenvalue weighted by Crippen LogP contribution is 2.16. The van der Waals surface area contributed by atoms with Gasteiger partial charge in [0.2, 0.25) is 0 Å². The minimum atomic E-state index is -4.93. The molecule has 0 aromatic carbocycles. The number of alkyl halides is 3. The van der Waals surface area contributed by atoms with E-state index in [0.29, 0.717) is 0 Å². The maximum absolute atomic E-state index is 11.6. The van der Waals surface area contributed by atoms with Gasteiger partial charge in [-0.15, -0.1) is 0 Å². The molecule has 0 aliphatic rings. The molecule has 4 nitrogen and oxygen atoms in total. The third-order valence-electron chi connectivity index (χ3n) is 1.14. The Morgan fingerprint density at radius 3 is 2.29 bits per heavy atom. The third-order valence-corrected chi connectivity index (χ3v) is 1.14. The smallest absolute Gasteiger partial charge is 0.454 e. The van der Waals surface area contributed by atoms with Crippen LogP contribution in [0.3, 0.4) is 0 Å². The Kier molecular flexibility index (Phi) is 4.13. The lowest BCUT2D eigenvalue weighted by Crippen LogP contribution is -2.33. The second-order valence-electron chi connectivity index (χ2n) is 2.46. The van der Waals surface area contributed by atoms with E-state index in [0.717, 1.165) is 11.1 Å². The van der Waals surface area contributed by atoms with Gasteiger partial charge in [0.15, 0.2) is 0 Å². The molecule has 0 aliphatic heterocycles. The first-order valence-corrected chi connectivity index (χ1v) is 3.43. The average Bonchev–Trinajstić information content (AvgIpc) is 1.96. The maximum atomic E-state index is 11.6. The zero-order valence-corrected chi connectivity index (χ0v) is 7.17. The Morgan fingerprint density at radius 2 is 1.93 bits per heavy atom. The van der Waals surface area contributed by atoms with Crippen molar-refractivity contribution in [1.82, 2.24) is 4.90 Å². The van der Waals surface area contributed by atoms with Crippen LogP contribution in [0, 0.1) is 0 Å². The molecule has 0 saturated heterocycles. The number of rotatable bonds is 4. The van der Waals surface area contributed by atoms with Crippen LogP contribution in [0.15, 0.2) is 12.3 Å². The topological polar surface area (TPSA) is 60.4 Å². The number of ketones is 1. The quantitative estimate of drug-likeness (QED) is 0.576. The summed E-state index contributed by atoms with van der Waals surface area (Å²) in [4.78, 5) is 21.1. The predicted molar refractivity (Wildman–Crippen MR) is 37.8 cm³/mol. The molecule has 0 radical (unpaired) electrons. The lowest BCUT2D eigenvalue weighted by atomic mass is 10.4. The van der Waals surface area contributed by atoms with Crippen LogP contribution >= 0.6 is 0 Å². The second kappa shape index (κ2) is 4.64. The first-order chi connectivity index (χ1) is 6.23. The molecular weight excluding hydrogens is 203 g/mol. The number of halogens is 3. The number of carboxylic acids is 1. The predicted octanol–water partition coefficient (Wildman–Crippen LogP) is -0.687. The first kappa shape index (κ1) is 12.5. The summed E-state index contributed by atoms with van der Waals surface area (Å²) in [7, 11) is 1.20. The molecule has 0 amide bonds. The fourth-order valence-electron chi connectivity index (χ4n) is 0.546. The molecule has 0 bridgehead atoms. The van der Waals surface area contributed by atoms with Crippen LogP contribution in [0.25, 0.3) is 0 Å². The molecule has 80 valence electrons. The zero-order chi connectivity index (χ0) is 11.4. The van der Waals surface area contributed by atoms with Gasteiger partial charge in [0.05, 0.1) is 12.5 Å². The van der Waals surface area contributed by atoms with Crippen LogP contribution < -0.4 is 5.11 Å². The lowest BCUT2D eigenvalue weighted by Gasteiger charge is -2.13. The van der Waals surface area contributed by atoms with Gasteiger partial charge in [-0.3, -0.25) is 4.79 Å². The molecule has 14 heavy (non-hydrogen) atoms. The normalized spacial score (nSPS) is 11.7. The molecule has 0 saturated carbocycles. The van der Waals surface area contributed by atoms with E-state index >= 15 is 0 Å². The summed E-state index contributed by atoms with van der Waals surface area (Å²) in [5.74, 6) is -3.49. The summed E-state index contributed by atoms with van der Waals surface area (Å²) in [5, 5.41) is 9.96. The zero-order valence-electron chi connectivity index (χ0n) is 7.17. The van der Waals surface area contributed by atoms with Crippen LogP contribution in [-0.4, -0.2) is 36.4 Å². The minimum absolute atomic E-state index is 0.253. The van der Waals surface area contributed by atoms with Gasteiger partial charge in [-0.2, -0.15) is 13.2 Å². The molecule has 0 aromatic heterocycles. The van der Waals surface area contributed by atoms with E-state index < -0.39 is 24.5 Å². The SMILES string of the molecule is CN(C=CC(=O)C(F)(F)F)CC(=O)[O-]. The van der Waals surface area contributed by atoms with Crippen molar-refractivity contribution in [2.75, 3.05) is 13.6 Å². The molecule has 0 aliphatic carbocycles. The number of carbonyl (C=O) groups excluding carboxylic acids is 2. The molecule has 0 atom stereocenters. The number of allylic oxidation sites excluding steroid dienone is 1. The monoisotopic (exact) mass is 210 g/mol. The highest BCUT2D eigenvalue weighted by atomic mass is 19.4. The van der Waals surface area contributed by atoms with Gasteiger partial charge in [-0.05, 0) is 0 Å². The van der Waals surface area contributed by atoms with Crippen LogP contribution in [0.5, 0.6) is 0 Å². The summed E-state index contributed by atoms with van der Waals surface area (Å²) >= 11 is 0. The Hall–Kier alpha value is -1.53. The average molecular weight is 210 g/mol. The van der Waals surface area contributed by atoms with Crippen molar-refractivity contribution in [3.05, 3.63) is 12.3 Å². The van der Waals surface area contributed by atoms with E-state index in [9.17, 15) is 27.9 Å². The van der Waals surface area contributed by atoms with Gasteiger partial charge in [-0.1, -0.05) is 0 Å². The summed E-state index contributed by atoms with van der Waals surface area (Å²) in [6, 6.07) is 0. The van der Waals surface area contributed by atoms with Gasteiger partial charge in [-0.25, -0.2) is 0 Å². The molecule has 0 fully saturated rings. The first-order valence-electron chi connectivity index (χ1n) is 3.43. The molecular formula is C7H7F3NO3-. The fourth-order valence-corrected chi connectivity index (χ4v) is 0.546. The van der Waals surface area contributed by atoms with Gasteiger partial charge in [0.25, 0.3) is 5.78 Å². The van der Waals surface area contributed by atoms with Crippen molar-refractivity contribution in [3.63, 3.8) is 0 Å². The van der Waals surface area contributed by atoms with Crippen molar-refractivity contribution < 1.29 is 27.9 Å². The molecule has 0 heterocycles. The largest absolute Gasteiger partial charge is 0.548 e. The standard InChI is InChI=1S/C7H8F3NO3/c1-11(4-6(13)14)3-2-5(12)7(8,9)10/h2-3H,4H2,1H3,(H,13,14)/p-1. The van der Waals surface area contributed by atoms with Gasteiger partial charge in [0, 0.05) is 19.3 Å². The van der Waals surface area contributed by atoms with E-state index in [1.807, 2.05) is 0 Å². The van der Waals surface area contributed by atoms with Crippen molar-refractivity contribution >= 4 is 11.8 Å². The Morgan fingerprint density at radius 1 is 1.43 bits per heavy atom. The Labute approximate surface area is 77.6 Å². The lowest BCUT2D eigenvalue weighted by molar-refractivity contribution is -0.305. The maximum Gasteiger partial charge on any atom is 0.454 e. The van der Waals surface area contributed by atoms with Gasteiger partial charge in [0.1, 0.15) is 0 Å². The van der Waals surface area contributed by atoms with Crippen LogP contribution in [0.1, 0.15) is 0 Å². The van der Waals surface area contributed by atoms with Gasteiger partial charge < -0.3 is 14.8 Å². The van der Waals surface area contributed by atoms with Crippen molar-refractivity contribution in [2.45, 2.75) is 6.18 Å². The Bertz CT molecular complexity index is 259. The third kappa shape index (κ3) is 5.18. The molecule has 7 heteroatoms. The van der Waals surface area contributed by atoms with E-state index in [2.05, 4.69) is 0 Å². The molecule has 0 rings (SSSR count). The van der Waals surface area contributed by atoms with Crippen molar-refractivity contribution in [3.8, 4) is 0 Å².